The van der Waals surface area contributed by atoms with Gasteiger partial charge in [-0.25, -0.2) is 4.99 Å². The zero-order valence-corrected chi connectivity index (χ0v) is 16.4. The number of nitrogens with one attached hydrogen (secondary N) is 2. The Bertz CT molecular complexity index is 610. The monoisotopic (exact) mass is 375 g/mol. The number of carbonyl (C=O) groups excluding carboxylic acids is 1. The van der Waals surface area contributed by atoms with Crippen LogP contribution in [0.15, 0.2) is 29.5 Å². The minimum Gasteiger partial charge on any atom is -0.357 e. The van der Waals surface area contributed by atoms with E-state index >= 15 is 0 Å². The summed E-state index contributed by atoms with van der Waals surface area (Å²) in [6.07, 6.45) is 9.97. The molecule has 6 nitrogen and oxygen atoms in total. The highest BCUT2D eigenvalue weighted by atomic mass is 32.2. The maximum absolute atomic E-state index is 12.2. The first-order valence-corrected chi connectivity index (χ1v) is 10.6. The van der Waals surface area contributed by atoms with Crippen molar-refractivity contribution >= 4 is 29.3 Å². The Hall–Kier alpha value is -1.76. The van der Waals surface area contributed by atoms with Gasteiger partial charge in [-0.3, -0.25) is 9.78 Å². The Kier molecular flexibility index (Phi) is 6.77. The summed E-state index contributed by atoms with van der Waals surface area (Å²) in [5.74, 6) is 1.87. The lowest BCUT2D eigenvalue weighted by atomic mass is 9.87. The second kappa shape index (κ2) is 9.26. The van der Waals surface area contributed by atoms with Crippen LogP contribution in [-0.2, 0) is 4.79 Å². The van der Waals surface area contributed by atoms with Crippen molar-refractivity contribution in [1.82, 2.24) is 15.2 Å². The molecule has 1 saturated carbocycles. The van der Waals surface area contributed by atoms with E-state index in [9.17, 15) is 4.79 Å². The first-order chi connectivity index (χ1) is 12.7. The van der Waals surface area contributed by atoms with Gasteiger partial charge in [-0.05, 0) is 31.9 Å². The van der Waals surface area contributed by atoms with Gasteiger partial charge in [0, 0.05) is 36.3 Å². The highest BCUT2D eigenvalue weighted by Gasteiger charge is 2.38. The molecule has 1 amide bonds. The number of amides is 1. The van der Waals surface area contributed by atoms with Gasteiger partial charge < -0.3 is 15.5 Å². The Balaban J connectivity index is 1.61. The molecule has 0 aromatic carbocycles. The highest BCUT2D eigenvalue weighted by molar-refractivity contribution is 8.00. The zero-order chi connectivity index (χ0) is 18.2. The van der Waals surface area contributed by atoms with E-state index < -0.39 is 0 Å². The van der Waals surface area contributed by atoms with E-state index in [1.165, 1.54) is 32.1 Å². The third-order valence-electron chi connectivity index (χ3n) is 4.97. The third-order valence-corrected chi connectivity index (χ3v) is 6.50. The molecule has 1 aromatic rings. The van der Waals surface area contributed by atoms with E-state index in [-0.39, 0.29) is 12.5 Å². The third kappa shape index (κ3) is 5.13. The number of rotatable bonds is 4. The van der Waals surface area contributed by atoms with Crippen molar-refractivity contribution in [1.29, 1.82) is 0 Å². The van der Waals surface area contributed by atoms with E-state index in [2.05, 4.69) is 44.2 Å². The van der Waals surface area contributed by atoms with Crippen molar-refractivity contribution in [2.75, 3.05) is 37.2 Å². The lowest BCUT2D eigenvalue weighted by Gasteiger charge is -2.45. The van der Waals surface area contributed by atoms with Gasteiger partial charge in [0.1, 0.15) is 6.54 Å². The van der Waals surface area contributed by atoms with E-state index in [0.29, 0.717) is 10.4 Å². The molecular formula is C19H29N5OS. The fourth-order valence-electron chi connectivity index (χ4n) is 3.73. The van der Waals surface area contributed by atoms with Gasteiger partial charge in [-0.1, -0.05) is 19.3 Å². The zero-order valence-electron chi connectivity index (χ0n) is 15.5. The number of carbonyl (C=O) groups is 1. The van der Waals surface area contributed by atoms with Crippen LogP contribution in [0, 0.1) is 0 Å². The number of hydrogen-bond donors (Lipinski definition) is 2. The van der Waals surface area contributed by atoms with E-state index in [4.69, 9.17) is 0 Å². The Morgan fingerprint density at radius 3 is 2.96 bits per heavy atom. The van der Waals surface area contributed by atoms with Crippen LogP contribution in [-0.4, -0.2) is 58.4 Å². The molecule has 1 spiro atoms. The van der Waals surface area contributed by atoms with Gasteiger partial charge in [0.15, 0.2) is 5.96 Å². The molecule has 1 aliphatic carbocycles. The fraction of sp³-hybridized carbons (Fsp3) is 0.632. The van der Waals surface area contributed by atoms with Crippen molar-refractivity contribution in [3.05, 3.63) is 24.5 Å². The molecule has 0 unspecified atom stereocenters. The number of anilines is 1. The summed E-state index contributed by atoms with van der Waals surface area (Å²) < 4.78 is 0.380. The Morgan fingerprint density at radius 1 is 1.38 bits per heavy atom. The molecule has 26 heavy (non-hydrogen) atoms. The number of nitrogens with zero attached hydrogens (tertiary/aromatic N) is 3. The molecule has 7 heteroatoms. The highest BCUT2D eigenvalue weighted by Crippen LogP contribution is 2.42. The number of aromatic nitrogens is 1. The second-order valence-electron chi connectivity index (χ2n) is 6.97. The summed E-state index contributed by atoms with van der Waals surface area (Å²) >= 11 is 2.14. The van der Waals surface area contributed by atoms with E-state index in [1.54, 1.807) is 18.5 Å². The number of hydrogen-bond acceptors (Lipinski definition) is 4. The first kappa shape index (κ1) is 19.0. The van der Waals surface area contributed by atoms with Crippen LogP contribution in [0.1, 0.15) is 39.0 Å². The summed E-state index contributed by atoms with van der Waals surface area (Å²) in [4.78, 5) is 23.2. The van der Waals surface area contributed by atoms with Crippen molar-refractivity contribution < 1.29 is 4.79 Å². The predicted octanol–water partition coefficient (Wildman–Crippen LogP) is 2.74. The van der Waals surface area contributed by atoms with Gasteiger partial charge in [-0.2, -0.15) is 11.8 Å². The van der Waals surface area contributed by atoms with Gasteiger partial charge in [0.05, 0.1) is 11.9 Å². The van der Waals surface area contributed by atoms with Gasteiger partial charge in [0.25, 0.3) is 0 Å². The predicted molar refractivity (Wildman–Crippen MR) is 109 cm³/mol. The lowest BCUT2D eigenvalue weighted by Crippen LogP contribution is -2.53. The first-order valence-electron chi connectivity index (χ1n) is 9.58. The molecule has 1 saturated heterocycles. The minimum absolute atomic E-state index is 0.118. The molecule has 1 aliphatic heterocycles. The quantitative estimate of drug-likeness (QED) is 0.626. The maximum atomic E-state index is 12.2. The average Bonchev–Trinajstić information content (AvgIpc) is 2.66. The lowest BCUT2D eigenvalue weighted by molar-refractivity contribution is -0.114. The Labute approximate surface area is 160 Å². The smallest absolute Gasteiger partial charge is 0.246 e. The van der Waals surface area contributed by atoms with Crippen LogP contribution in [0.5, 0.6) is 0 Å². The molecule has 0 radical (unpaired) electrons. The molecule has 0 atom stereocenters. The van der Waals surface area contributed by atoms with Crippen LogP contribution < -0.4 is 10.6 Å². The number of thioether (sulfide) groups is 1. The topological polar surface area (TPSA) is 69.6 Å². The average molecular weight is 376 g/mol. The van der Waals surface area contributed by atoms with Crippen molar-refractivity contribution in [2.45, 2.75) is 43.8 Å². The summed E-state index contributed by atoms with van der Waals surface area (Å²) in [6, 6.07) is 3.63. The summed E-state index contributed by atoms with van der Waals surface area (Å²) in [5, 5.41) is 6.21. The van der Waals surface area contributed by atoms with Crippen molar-refractivity contribution in [2.24, 2.45) is 4.99 Å². The number of guanidine groups is 1. The van der Waals surface area contributed by atoms with Crippen LogP contribution in [0.25, 0.3) is 0 Å². The maximum Gasteiger partial charge on any atom is 0.246 e. The van der Waals surface area contributed by atoms with Gasteiger partial charge in [-0.15, -0.1) is 0 Å². The number of pyridine rings is 1. The van der Waals surface area contributed by atoms with Crippen molar-refractivity contribution in [3.63, 3.8) is 0 Å². The molecule has 0 bridgehead atoms. The van der Waals surface area contributed by atoms with Gasteiger partial charge in [0.2, 0.25) is 5.91 Å². The largest absolute Gasteiger partial charge is 0.357 e. The molecule has 2 fully saturated rings. The normalized spacial score (nSPS) is 20.0. The van der Waals surface area contributed by atoms with Crippen LogP contribution >= 0.6 is 11.8 Å². The molecular weight excluding hydrogens is 346 g/mol. The van der Waals surface area contributed by atoms with Crippen LogP contribution in [0.4, 0.5) is 5.69 Å². The molecule has 2 N–H and O–H groups in total. The number of aliphatic imine (C=N–C) groups is 1. The fourth-order valence-corrected chi connectivity index (χ4v) is 5.30. The standard InChI is InChI=1S/C19H29N5OS/c1-2-21-18(22-14-17(25)23-16-7-6-10-20-13-16)24-11-12-26-19(15-24)8-4-3-5-9-19/h6-7,10,13H,2-5,8-9,11-12,14-15H2,1H3,(H,21,22)(H,23,25). The molecule has 2 heterocycles. The van der Waals surface area contributed by atoms with E-state index in [1.807, 2.05) is 6.07 Å². The van der Waals surface area contributed by atoms with Crippen LogP contribution in [0.3, 0.4) is 0 Å². The van der Waals surface area contributed by atoms with E-state index in [0.717, 1.165) is 31.3 Å². The van der Waals surface area contributed by atoms with Gasteiger partial charge >= 0.3 is 0 Å². The second-order valence-corrected chi connectivity index (χ2v) is 8.54. The molecule has 2 aliphatic rings. The SMILES string of the molecule is CCNC(=NCC(=O)Nc1cccnc1)N1CCSC2(CCCCC2)C1. The summed E-state index contributed by atoms with van der Waals surface area (Å²) in [6.45, 7) is 5.02. The molecule has 3 rings (SSSR count). The summed E-state index contributed by atoms with van der Waals surface area (Å²) in [7, 11) is 0. The molecule has 142 valence electrons. The Morgan fingerprint density at radius 2 is 2.23 bits per heavy atom. The summed E-state index contributed by atoms with van der Waals surface area (Å²) in [5.41, 5.74) is 0.702. The minimum atomic E-state index is -0.118. The molecule has 1 aromatic heterocycles. The van der Waals surface area contributed by atoms with Crippen LogP contribution in [0.2, 0.25) is 0 Å². The van der Waals surface area contributed by atoms with Crippen molar-refractivity contribution in [3.8, 4) is 0 Å².